The lowest BCUT2D eigenvalue weighted by Crippen LogP contribution is -2.38. The van der Waals surface area contributed by atoms with E-state index >= 15 is 0 Å². The van der Waals surface area contributed by atoms with Crippen LogP contribution in [0.5, 0.6) is 0 Å². The minimum absolute atomic E-state index is 0.110. The van der Waals surface area contributed by atoms with E-state index in [1.165, 1.54) is 4.31 Å². The Labute approximate surface area is 127 Å². The molecule has 2 rings (SSSR count). The van der Waals surface area contributed by atoms with Crippen LogP contribution in [0.1, 0.15) is 40.7 Å². The molecule has 1 heterocycles. The maximum atomic E-state index is 13.1. The van der Waals surface area contributed by atoms with Crippen LogP contribution in [-0.4, -0.2) is 37.0 Å². The highest BCUT2D eigenvalue weighted by Gasteiger charge is 2.37. The summed E-state index contributed by atoms with van der Waals surface area (Å²) in [5, 5.41) is 9.43. The maximum absolute atomic E-state index is 13.1. The van der Waals surface area contributed by atoms with Gasteiger partial charge in [0.05, 0.1) is 11.5 Å². The lowest BCUT2D eigenvalue weighted by molar-refractivity contribution is 0.213. The van der Waals surface area contributed by atoms with Gasteiger partial charge in [-0.3, -0.25) is 0 Å². The fourth-order valence-corrected chi connectivity index (χ4v) is 5.53. The molecule has 0 unspecified atom stereocenters. The van der Waals surface area contributed by atoms with Crippen LogP contribution in [-0.2, 0) is 10.0 Å². The second-order valence-electron chi connectivity index (χ2n) is 6.05. The summed E-state index contributed by atoms with van der Waals surface area (Å²) in [4.78, 5) is 0.434. The quantitative estimate of drug-likeness (QED) is 0.932. The average molecular weight is 311 g/mol. The van der Waals surface area contributed by atoms with Gasteiger partial charge in [-0.25, -0.2) is 8.42 Å². The van der Waals surface area contributed by atoms with Gasteiger partial charge in [0.1, 0.15) is 0 Å². The van der Waals surface area contributed by atoms with Crippen molar-refractivity contribution in [3.63, 3.8) is 0 Å². The summed E-state index contributed by atoms with van der Waals surface area (Å²) >= 11 is 0. The molecule has 0 bridgehead atoms. The van der Waals surface area contributed by atoms with Gasteiger partial charge in [0.2, 0.25) is 10.0 Å². The first-order valence-electron chi connectivity index (χ1n) is 7.43. The first kappa shape index (κ1) is 16.5. The standard InChI is InChI=1S/C16H25NO3S/c1-10-11(2)13(4)16(14(5)12(10)3)21(19,20)17-8-6-7-15(17)9-18/h15,18H,6-9H2,1-5H3/t15-/m0/s1. The first-order valence-corrected chi connectivity index (χ1v) is 8.87. The van der Waals surface area contributed by atoms with Crippen LogP contribution in [0.3, 0.4) is 0 Å². The highest BCUT2D eigenvalue weighted by molar-refractivity contribution is 7.89. The topological polar surface area (TPSA) is 57.6 Å². The van der Waals surface area contributed by atoms with Gasteiger partial charge in [-0.2, -0.15) is 4.31 Å². The Hall–Kier alpha value is -0.910. The van der Waals surface area contributed by atoms with Gasteiger partial charge in [0, 0.05) is 12.6 Å². The molecule has 1 aliphatic heterocycles. The number of benzene rings is 1. The molecule has 0 radical (unpaired) electrons. The molecule has 1 atom stereocenters. The zero-order valence-electron chi connectivity index (χ0n) is 13.5. The molecule has 1 aromatic rings. The Morgan fingerprint density at radius 2 is 1.48 bits per heavy atom. The third kappa shape index (κ3) is 2.51. The Morgan fingerprint density at radius 1 is 1.00 bits per heavy atom. The SMILES string of the molecule is Cc1c(C)c(C)c(S(=O)(=O)N2CCC[C@H]2CO)c(C)c1C. The highest BCUT2D eigenvalue weighted by atomic mass is 32.2. The van der Waals surface area contributed by atoms with E-state index < -0.39 is 10.0 Å². The number of hydrogen-bond acceptors (Lipinski definition) is 3. The van der Waals surface area contributed by atoms with Crippen molar-refractivity contribution in [3.05, 3.63) is 27.8 Å². The highest BCUT2D eigenvalue weighted by Crippen LogP contribution is 2.34. The Kier molecular flexibility index (Phi) is 4.47. The summed E-state index contributed by atoms with van der Waals surface area (Å²) in [6.45, 7) is 10.1. The van der Waals surface area contributed by atoms with Crippen molar-refractivity contribution in [2.75, 3.05) is 13.2 Å². The number of aliphatic hydroxyl groups is 1. The summed E-state index contributed by atoms with van der Waals surface area (Å²) < 4.78 is 27.6. The fourth-order valence-electron chi connectivity index (χ4n) is 3.28. The molecule has 5 heteroatoms. The second kappa shape index (κ2) is 5.71. The van der Waals surface area contributed by atoms with Crippen LogP contribution >= 0.6 is 0 Å². The molecule has 4 nitrogen and oxygen atoms in total. The van der Waals surface area contributed by atoms with Crippen LogP contribution in [0.25, 0.3) is 0 Å². The molecular weight excluding hydrogens is 286 g/mol. The molecule has 0 spiro atoms. The van der Waals surface area contributed by atoms with E-state index in [4.69, 9.17) is 0 Å². The monoisotopic (exact) mass is 311 g/mol. The Bertz CT molecular complexity index is 636. The third-order valence-electron chi connectivity index (χ3n) is 5.03. The summed E-state index contributed by atoms with van der Waals surface area (Å²) in [5.74, 6) is 0. The van der Waals surface area contributed by atoms with Crippen molar-refractivity contribution in [3.8, 4) is 0 Å². The predicted molar refractivity (Wildman–Crippen MR) is 84.1 cm³/mol. The van der Waals surface area contributed by atoms with Crippen molar-refractivity contribution in [1.82, 2.24) is 4.31 Å². The molecular formula is C16H25NO3S. The van der Waals surface area contributed by atoms with E-state index in [9.17, 15) is 13.5 Å². The molecule has 0 saturated carbocycles. The molecule has 1 aliphatic rings. The Balaban J connectivity index is 2.66. The van der Waals surface area contributed by atoms with Crippen molar-refractivity contribution < 1.29 is 13.5 Å². The van der Waals surface area contributed by atoms with E-state index in [0.717, 1.165) is 40.7 Å². The summed E-state index contributed by atoms with van der Waals surface area (Å²) in [6.07, 6.45) is 1.55. The third-order valence-corrected chi connectivity index (χ3v) is 7.26. The van der Waals surface area contributed by atoms with Crippen LogP contribution in [0.15, 0.2) is 4.90 Å². The van der Waals surface area contributed by atoms with E-state index in [2.05, 4.69) is 0 Å². The van der Waals surface area contributed by atoms with Gasteiger partial charge in [-0.1, -0.05) is 0 Å². The zero-order chi connectivity index (χ0) is 15.9. The molecule has 1 saturated heterocycles. The predicted octanol–water partition coefficient (Wildman–Crippen LogP) is 2.37. The van der Waals surface area contributed by atoms with Gasteiger partial charge in [-0.05, 0) is 75.3 Å². The molecule has 1 fully saturated rings. The van der Waals surface area contributed by atoms with Gasteiger partial charge < -0.3 is 5.11 Å². The normalized spacial score (nSPS) is 20.2. The molecule has 0 aromatic heterocycles. The van der Waals surface area contributed by atoms with Gasteiger partial charge >= 0.3 is 0 Å². The molecule has 1 N–H and O–H groups in total. The molecule has 21 heavy (non-hydrogen) atoms. The minimum atomic E-state index is -3.55. The zero-order valence-corrected chi connectivity index (χ0v) is 14.3. The van der Waals surface area contributed by atoms with Crippen molar-refractivity contribution >= 4 is 10.0 Å². The van der Waals surface area contributed by atoms with Crippen molar-refractivity contribution in [2.24, 2.45) is 0 Å². The molecule has 0 amide bonds. The number of nitrogens with zero attached hydrogens (tertiary/aromatic N) is 1. The second-order valence-corrected chi connectivity index (χ2v) is 7.88. The maximum Gasteiger partial charge on any atom is 0.243 e. The summed E-state index contributed by atoms with van der Waals surface area (Å²) in [7, 11) is -3.55. The van der Waals surface area contributed by atoms with Crippen LogP contribution in [0.2, 0.25) is 0 Å². The molecule has 118 valence electrons. The van der Waals surface area contributed by atoms with Crippen molar-refractivity contribution in [2.45, 2.75) is 58.4 Å². The number of sulfonamides is 1. The molecule has 1 aromatic carbocycles. The number of aliphatic hydroxyl groups excluding tert-OH is 1. The van der Waals surface area contributed by atoms with Crippen molar-refractivity contribution in [1.29, 1.82) is 0 Å². The smallest absolute Gasteiger partial charge is 0.243 e. The van der Waals surface area contributed by atoms with E-state index in [1.54, 1.807) is 0 Å². The van der Waals surface area contributed by atoms with Crippen LogP contribution in [0, 0.1) is 34.6 Å². The number of rotatable bonds is 3. The lowest BCUT2D eigenvalue weighted by Gasteiger charge is -2.26. The van der Waals surface area contributed by atoms with Crippen LogP contribution < -0.4 is 0 Å². The first-order chi connectivity index (χ1) is 9.73. The minimum Gasteiger partial charge on any atom is -0.395 e. The van der Waals surface area contributed by atoms with Gasteiger partial charge in [0.25, 0.3) is 0 Å². The summed E-state index contributed by atoms with van der Waals surface area (Å²) in [6, 6.07) is -0.282. The largest absolute Gasteiger partial charge is 0.395 e. The van der Waals surface area contributed by atoms with Crippen LogP contribution in [0.4, 0.5) is 0 Å². The fraction of sp³-hybridized carbons (Fsp3) is 0.625. The summed E-state index contributed by atoms with van der Waals surface area (Å²) in [5.41, 5.74) is 4.90. The van der Waals surface area contributed by atoms with E-state index in [-0.39, 0.29) is 12.6 Å². The number of hydrogen-bond donors (Lipinski definition) is 1. The molecule has 0 aliphatic carbocycles. The van der Waals surface area contributed by atoms with Gasteiger partial charge in [0.15, 0.2) is 0 Å². The van der Waals surface area contributed by atoms with Gasteiger partial charge in [-0.15, -0.1) is 0 Å². The Morgan fingerprint density at radius 3 is 1.95 bits per heavy atom. The van der Waals surface area contributed by atoms with E-state index in [1.807, 2.05) is 34.6 Å². The average Bonchev–Trinajstić information content (AvgIpc) is 2.92. The lowest BCUT2D eigenvalue weighted by atomic mass is 9.95. The van der Waals surface area contributed by atoms with E-state index in [0.29, 0.717) is 11.4 Å².